The van der Waals surface area contributed by atoms with Gasteiger partial charge in [0, 0.05) is 35.5 Å². The van der Waals surface area contributed by atoms with E-state index in [-0.39, 0.29) is 23.2 Å². The van der Waals surface area contributed by atoms with E-state index in [2.05, 4.69) is 11.9 Å². The number of anilines is 2. The van der Waals surface area contributed by atoms with Crippen LogP contribution in [-0.2, 0) is 0 Å². The average Bonchev–Trinajstić information content (AvgIpc) is 3.21. The number of aliphatic imine (C=N–C) groups is 1. The number of amidine groups is 1. The Morgan fingerprint density at radius 3 is 2.47 bits per heavy atom. The van der Waals surface area contributed by atoms with Crippen molar-refractivity contribution >= 4 is 51.5 Å². The largest absolute Gasteiger partial charge is 0.366 e. The van der Waals surface area contributed by atoms with Gasteiger partial charge in [0.15, 0.2) is 5.17 Å². The number of carbonyl (C=O) groups excluding carboxylic acids is 1. The standard InChI is InChI=1S/C23H25ClN4O3S/c1-15-9-11-26(12-10-15)20-8-3-17(13-21(20)28(30)31)22(29)27(23-25-16(2)14-32-23)19-6-4-18(24)5-7-19/h3-8,13,15-16H,9-12,14H2,1-2H3/t16-/m0/s1. The van der Waals surface area contributed by atoms with Crippen LogP contribution < -0.4 is 9.80 Å². The Kier molecular flexibility index (Phi) is 6.71. The molecule has 0 unspecified atom stereocenters. The number of piperidine rings is 1. The molecular formula is C23H25ClN4O3S. The van der Waals surface area contributed by atoms with Crippen molar-refractivity contribution in [2.75, 3.05) is 28.6 Å². The smallest absolute Gasteiger partial charge is 0.293 e. The number of hydrogen-bond donors (Lipinski definition) is 0. The highest BCUT2D eigenvalue weighted by Gasteiger charge is 2.30. The van der Waals surface area contributed by atoms with Crippen molar-refractivity contribution in [2.45, 2.75) is 32.7 Å². The molecule has 0 aliphatic carbocycles. The summed E-state index contributed by atoms with van der Waals surface area (Å²) in [6.45, 7) is 5.74. The zero-order valence-corrected chi connectivity index (χ0v) is 19.6. The second-order valence-corrected chi connectivity index (χ2v) is 9.74. The van der Waals surface area contributed by atoms with Crippen LogP contribution in [0.1, 0.15) is 37.0 Å². The normalized spacial score (nSPS) is 19.0. The molecule has 0 saturated carbocycles. The van der Waals surface area contributed by atoms with Crippen molar-refractivity contribution in [3.05, 3.63) is 63.2 Å². The minimum absolute atomic E-state index is 0.0455. The molecule has 2 aromatic carbocycles. The first kappa shape index (κ1) is 22.6. The molecule has 0 aromatic heterocycles. The first-order valence-corrected chi connectivity index (χ1v) is 12.0. The molecule has 32 heavy (non-hydrogen) atoms. The molecule has 1 fully saturated rings. The minimum Gasteiger partial charge on any atom is -0.366 e. The summed E-state index contributed by atoms with van der Waals surface area (Å²) in [6, 6.07) is 11.8. The second kappa shape index (κ2) is 9.50. The van der Waals surface area contributed by atoms with Gasteiger partial charge < -0.3 is 4.90 Å². The summed E-state index contributed by atoms with van der Waals surface area (Å²) < 4.78 is 0. The Labute approximate surface area is 196 Å². The van der Waals surface area contributed by atoms with E-state index in [1.165, 1.54) is 22.7 Å². The molecule has 9 heteroatoms. The van der Waals surface area contributed by atoms with E-state index in [0.29, 0.717) is 27.5 Å². The van der Waals surface area contributed by atoms with Gasteiger partial charge in [-0.05, 0) is 62.1 Å². The lowest BCUT2D eigenvalue weighted by atomic mass is 9.98. The number of carbonyl (C=O) groups is 1. The maximum Gasteiger partial charge on any atom is 0.293 e. The SMILES string of the molecule is CC1CCN(c2ccc(C(=O)N(C3=N[C@@H](C)CS3)c3ccc(Cl)cc3)cc2[N+](=O)[O-])CC1. The van der Waals surface area contributed by atoms with Crippen molar-refractivity contribution in [3.8, 4) is 0 Å². The Hall–Kier alpha value is -2.58. The maximum atomic E-state index is 13.6. The fraction of sp³-hybridized carbons (Fsp3) is 0.391. The molecule has 1 amide bonds. The first-order valence-electron chi connectivity index (χ1n) is 10.7. The van der Waals surface area contributed by atoms with Crippen LogP contribution in [-0.4, -0.2) is 40.9 Å². The summed E-state index contributed by atoms with van der Waals surface area (Å²) >= 11 is 7.53. The summed E-state index contributed by atoms with van der Waals surface area (Å²) in [5.74, 6) is 1.04. The summed E-state index contributed by atoms with van der Waals surface area (Å²) in [6.07, 6.45) is 1.99. The van der Waals surface area contributed by atoms with Gasteiger partial charge in [-0.25, -0.2) is 0 Å². The lowest BCUT2D eigenvalue weighted by Gasteiger charge is -2.31. The van der Waals surface area contributed by atoms with Gasteiger partial charge in [0.05, 0.1) is 16.7 Å². The van der Waals surface area contributed by atoms with Gasteiger partial charge in [-0.2, -0.15) is 0 Å². The van der Waals surface area contributed by atoms with Gasteiger partial charge >= 0.3 is 0 Å². The Morgan fingerprint density at radius 1 is 1.19 bits per heavy atom. The molecule has 0 spiro atoms. The molecule has 0 radical (unpaired) electrons. The van der Waals surface area contributed by atoms with E-state index in [1.807, 2.05) is 11.8 Å². The molecular weight excluding hydrogens is 448 g/mol. The van der Waals surface area contributed by atoms with E-state index in [4.69, 9.17) is 11.6 Å². The van der Waals surface area contributed by atoms with Crippen LogP contribution in [0.2, 0.25) is 5.02 Å². The number of nitrogens with zero attached hydrogens (tertiary/aromatic N) is 4. The van der Waals surface area contributed by atoms with E-state index in [9.17, 15) is 14.9 Å². The average molecular weight is 473 g/mol. The monoisotopic (exact) mass is 472 g/mol. The van der Waals surface area contributed by atoms with Crippen molar-refractivity contribution < 1.29 is 9.72 Å². The topological polar surface area (TPSA) is 79.0 Å². The van der Waals surface area contributed by atoms with Gasteiger partial charge in [0.2, 0.25) is 0 Å². The zero-order chi connectivity index (χ0) is 22.8. The van der Waals surface area contributed by atoms with Gasteiger partial charge in [0.25, 0.3) is 11.6 Å². The highest BCUT2D eigenvalue weighted by Crippen LogP contribution is 2.34. The van der Waals surface area contributed by atoms with Crippen molar-refractivity contribution in [3.63, 3.8) is 0 Å². The fourth-order valence-corrected chi connectivity index (χ4v) is 5.10. The molecule has 2 aliphatic heterocycles. The Morgan fingerprint density at radius 2 is 1.88 bits per heavy atom. The molecule has 1 saturated heterocycles. The van der Waals surface area contributed by atoms with Crippen LogP contribution in [0, 0.1) is 16.0 Å². The predicted molar refractivity (Wildman–Crippen MR) is 131 cm³/mol. The van der Waals surface area contributed by atoms with Gasteiger partial charge in [-0.3, -0.25) is 24.8 Å². The minimum atomic E-state index is -0.402. The summed E-state index contributed by atoms with van der Waals surface area (Å²) in [7, 11) is 0. The molecule has 2 aromatic rings. The zero-order valence-electron chi connectivity index (χ0n) is 18.0. The quantitative estimate of drug-likeness (QED) is 0.426. The maximum absolute atomic E-state index is 13.6. The van der Waals surface area contributed by atoms with Gasteiger partial charge in [-0.15, -0.1) is 0 Å². The van der Waals surface area contributed by atoms with E-state index < -0.39 is 4.92 Å². The number of thioether (sulfide) groups is 1. The van der Waals surface area contributed by atoms with E-state index in [0.717, 1.165) is 31.7 Å². The van der Waals surface area contributed by atoms with Crippen LogP contribution >= 0.6 is 23.4 Å². The molecule has 4 rings (SSSR count). The summed E-state index contributed by atoms with van der Waals surface area (Å²) in [5.41, 5.74) is 1.40. The lowest BCUT2D eigenvalue weighted by Crippen LogP contribution is -2.35. The molecule has 0 N–H and O–H groups in total. The molecule has 7 nitrogen and oxygen atoms in total. The van der Waals surface area contributed by atoms with Crippen LogP contribution in [0.15, 0.2) is 47.5 Å². The summed E-state index contributed by atoms with van der Waals surface area (Å²) in [5, 5.41) is 13.0. The van der Waals surface area contributed by atoms with Gasteiger partial charge in [0.1, 0.15) is 5.69 Å². The van der Waals surface area contributed by atoms with Crippen LogP contribution in [0.3, 0.4) is 0 Å². The number of halogens is 1. The number of hydrogen-bond acceptors (Lipinski definition) is 6. The molecule has 2 aliphatic rings. The molecule has 0 bridgehead atoms. The van der Waals surface area contributed by atoms with Crippen molar-refractivity contribution in [1.29, 1.82) is 0 Å². The third kappa shape index (κ3) is 4.76. The fourth-order valence-electron chi connectivity index (χ4n) is 3.93. The third-order valence-corrected chi connectivity index (χ3v) is 7.25. The second-order valence-electron chi connectivity index (χ2n) is 8.32. The predicted octanol–water partition coefficient (Wildman–Crippen LogP) is 5.62. The number of nitro groups is 1. The van der Waals surface area contributed by atoms with Crippen molar-refractivity contribution in [1.82, 2.24) is 0 Å². The lowest BCUT2D eigenvalue weighted by molar-refractivity contribution is -0.384. The van der Waals surface area contributed by atoms with Crippen LogP contribution in [0.5, 0.6) is 0 Å². The third-order valence-electron chi connectivity index (χ3n) is 5.81. The highest BCUT2D eigenvalue weighted by molar-refractivity contribution is 8.14. The first-order chi connectivity index (χ1) is 15.3. The van der Waals surface area contributed by atoms with Crippen LogP contribution in [0.25, 0.3) is 0 Å². The highest BCUT2D eigenvalue weighted by atomic mass is 35.5. The van der Waals surface area contributed by atoms with Crippen molar-refractivity contribution in [2.24, 2.45) is 10.9 Å². The Bertz CT molecular complexity index is 1050. The summed E-state index contributed by atoms with van der Waals surface area (Å²) in [4.78, 5) is 33.2. The number of benzene rings is 2. The van der Waals surface area contributed by atoms with Crippen LogP contribution in [0.4, 0.5) is 17.1 Å². The van der Waals surface area contributed by atoms with Gasteiger partial charge in [-0.1, -0.05) is 30.3 Å². The number of amides is 1. The molecule has 1 atom stereocenters. The molecule has 168 valence electrons. The number of rotatable bonds is 4. The number of nitro benzene ring substituents is 1. The Balaban J connectivity index is 1.70. The van der Waals surface area contributed by atoms with E-state index in [1.54, 1.807) is 36.4 Å². The van der Waals surface area contributed by atoms with E-state index >= 15 is 0 Å². The molecule has 2 heterocycles.